The van der Waals surface area contributed by atoms with Crippen LogP contribution in [0.1, 0.15) is 13.3 Å². The first-order valence-electron chi connectivity index (χ1n) is 7.26. The molecule has 0 aliphatic carbocycles. The van der Waals surface area contributed by atoms with Crippen LogP contribution in [0.5, 0.6) is 0 Å². The van der Waals surface area contributed by atoms with E-state index in [2.05, 4.69) is 10.6 Å². The molecular weight excluding hydrogens is 356 g/mol. The van der Waals surface area contributed by atoms with Crippen molar-refractivity contribution >= 4 is 35.4 Å². The lowest BCUT2D eigenvalue weighted by atomic mass is 10.2. The van der Waals surface area contributed by atoms with Gasteiger partial charge in [0.25, 0.3) is 5.91 Å². The lowest BCUT2D eigenvalue weighted by Gasteiger charge is -2.19. The Kier molecular flexibility index (Phi) is 8.12. The number of anilines is 1. The summed E-state index contributed by atoms with van der Waals surface area (Å²) in [5, 5.41) is 4.37. The molecule has 0 radical (unpaired) electrons. The maximum absolute atomic E-state index is 13.5. The standard InChI is InChI=1S/C15H19F2N3O4S/c1-8(13(21)19-12-7-9(16)3-4-10(12)17)24-14(22)11(5-6-25-2)20-15(18)23/h3-4,7-8,11H,5-6H2,1-2H3,(H,19,21)(H3,18,20,23)/t8-,11+/m1/s1. The predicted octanol–water partition coefficient (Wildman–Crippen LogP) is 1.62. The number of carbonyl (C=O) groups excluding carboxylic acids is 3. The number of nitrogens with two attached hydrogens (primary N) is 1. The van der Waals surface area contributed by atoms with Crippen LogP contribution >= 0.6 is 11.8 Å². The molecule has 1 aromatic carbocycles. The average molecular weight is 375 g/mol. The number of primary amides is 1. The van der Waals surface area contributed by atoms with Gasteiger partial charge < -0.3 is 21.1 Å². The van der Waals surface area contributed by atoms with E-state index in [4.69, 9.17) is 10.5 Å². The van der Waals surface area contributed by atoms with E-state index in [9.17, 15) is 23.2 Å². The Morgan fingerprint density at radius 3 is 2.60 bits per heavy atom. The van der Waals surface area contributed by atoms with Gasteiger partial charge >= 0.3 is 12.0 Å². The summed E-state index contributed by atoms with van der Waals surface area (Å²) < 4.78 is 31.6. The number of hydrogen-bond acceptors (Lipinski definition) is 5. The Morgan fingerprint density at radius 1 is 1.32 bits per heavy atom. The van der Waals surface area contributed by atoms with Gasteiger partial charge in [-0.2, -0.15) is 11.8 Å². The van der Waals surface area contributed by atoms with Gasteiger partial charge in [0.1, 0.15) is 17.7 Å². The van der Waals surface area contributed by atoms with Crippen LogP contribution < -0.4 is 16.4 Å². The molecule has 1 aromatic rings. The van der Waals surface area contributed by atoms with Crippen molar-refractivity contribution in [2.75, 3.05) is 17.3 Å². The highest BCUT2D eigenvalue weighted by molar-refractivity contribution is 7.98. The zero-order chi connectivity index (χ0) is 19.0. The van der Waals surface area contributed by atoms with Gasteiger partial charge in [-0.15, -0.1) is 0 Å². The summed E-state index contributed by atoms with van der Waals surface area (Å²) in [5.41, 5.74) is 4.63. The number of amides is 3. The summed E-state index contributed by atoms with van der Waals surface area (Å²) >= 11 is 1.45. The number of nitrogens with one attached hydrogen (secondary N) is 2. The molecule has 0 saturated carbocycles. The van der Waals surface area contributed by atoms with Crippen LogP contribution in [0.15, 0.2) is 18.2 Å². The normalized spacial score (nSPS) is 12.8. The fourth-order valence-electron chi connectivity index (χ4n) is 1.79. The Balaban J connectivity index is 2.69. The Bertz CT molecular complexity index is 645. The molecule has 0 bridgehead atoms. The molecule has 0 aliphatic rings. The number of thioether (sulfide) groups is 1. The topological polar surface area (TPSA) is 111 Å². The molecule has 0 saturated heterocycles. The monoisotopic (exact) mass is 375 g/mol. The molecule has 0 aromatic heterocycles. The highest BCUT2D eigenvalue weighted by atomic mass is 32.2. The van der Waals surface area contributed by atoms with Crippen LogP contribution in [-0.4, -0.2) is 42.1 Å². The molecule has 7 nitrogen and oxygen atoms in total. The summed E-state index contributed by atoms with van der Waals surface area (Å²) in [6.07, 6.45) is 0.785. The van der Waals surface area contributed by atoms with Crippen LogP contribution in [0, 0.1) is 11.6 Å². The van der Waals surface area contributed by atoms with Crippen molar-refractivity contribution in [1.29, 1.82) is 0 Å². The van der Waals surface area contributed by atoms with Crippen molar-refractivity contribution in [3.8, 4) is 0 Å². The first-order valence-corrected chi connectivity index (χ1v) is 8.65. The molecule has 138 valence electrons. The predicted molar refractivity (Wildman–Crippen MR) is 90.0 cm³/mol. The highest BCUT2D eigenvalue weighted by Crippen LogP contribution is 2.16. The number of rotatable bonds is 8. The van der Waals surface area contributed by atoms with Crippen molar-refractivity contribution in [2.24, 2.45) is 5.73 Å². The number of esters is 1. The van der Waals surface area contributed by atoms with Crippen LogP contribution in [-0.2, 0) is 14.3 Å². The van der Waals surface area contributed by atoms with Gasteiger partial charge in [-0.3, -0.25) is 4.79 Å². The van der Waals surface area contributed by atoms with E-state index in [1.807, 2.05) is 6.26 Å². The largest absolute Gasteiger partial charge is 0.451 e. The second-order valence-corrected chi connectivity index (χ2v) is 6.02. The first kappa shape index (κ1) is 20.7. The number of benzene rings is 1. The molecular formula is C15H19F2N3O4S. The number of urea groups is 1. The number of hydrogen-bond donors (Lipinski definition) is 3. The van der Waals surface area contributed by atoms with Crippen molar-refractivity contribution < 1.29 is 27.9 Å². The third-order valence-electron chi connectivity index (χ3n) is 3.06. The van der Waals surface area contributed by atoms with Gasteiger partial charge in [0.15, 0.2) is 6.10 Å². The van der Waals surface area contributed by atoms with Gasteiger partial charge in [-0.25, -0.2) is 18.4 Å². The van der Waals surface area contributed by atoms with E-state index in [0.29, 0.717) is 5.75 Å². The number of carbonyl (C=O) groups is 3. The van der Waals surface area contributed by atoms with E-state index in [1.54, 1.807) is 0 Å². The van der Waals surface area contributed by atoms with Gasteiger partial charge in [0.2, 0.25) is 0 Å². The Labute approximate surface area is 147 Å². The molecule has 0 spiro atoms. The zero-order valence-electron chi connectivity index (χ0n) is 13.7. The molecule has 0 heterocycles. The van der Waals surface area contributed by atoms with E-state index >= 15 is 0 Å². The minimum atomic E-state index is -1.29. The summed E-state index contributed by atoms with van der Waals surface area (Å²) in [5.74, 6) is -2.71. The molecule has 2 atom stereocenters. The Hall–Kier alpha value is -2.36. The molecule has 0 aliphatic heterocycles. The minimum absolute atomic E-state index is 0.260. The van der Waals surface area contributed by atoms with E-state index < -0.39 is 41.7 Å². The average Bonchev–Trinajstić information content (AvgIpc) is 2.54. The molecule has 0 unspecified atom stereocenters. The van der Waals surface area contributed by atoms with Gasteiger partial charge in [0.05, 0.1) is 5.69 Å². The molecule has 1 rings (SSSR count). The van der Waals surface area contributed by atoms with Crippen molar-refractivity contribution in [3.05, 3.63) is 29.8 Å². The fraction of sp³-hybridized carbons (Fsp3) is 0.400. The summed E-state index contributed by atoms with van der Waals surface area (Å²) in [7, 11) is 0. The van der Waals surface area contributed by atoms with E-state index in [1.165, 1.54) is 18.7 Å². The van der Waals surface area contributed by atoms with Gasteiger partial charge in [0, 0.05) is 6.07 Å². The summed E-state index contributed by atoms with van der Waals surface area (Å²) in [6, 6.07) is 0.655. The SMILES string of the molecule is CSCC[C@H](NC(N)=O)C(=O)O[C@H](C)C(=O)Nc1cc(F)ccc1F. The smallest absolute Gasteiger partial charge is 0.329 e. The Morgan fingerprint density at radius 2 is 2.00 bits per heavy atom. The highest BCUT2D eigenvalue weighted by Gasteiger charge is 2.26. The number of halogens is 2. The van der Waals surface area contributed by atoms with Crippen LogP contribution in [0.2, 0.25) is 0 Å². The van der Waals surface area contributed by atoms with Crippen LogP contribution in [0.25, 0.3) is 0 Å². The quantitative estimate of drug-likeness (QED) is 0.598. The van der Waals surface area contributed by atoms with Crippen LogP contribution in [0.4, 0.5) is 19.3 Å². The molecule has 4 N–H and O–H groups in total. The minimum Gasteiger partial charge on any atom is -0.451 e. The second kappa shape index (κ2) is 9.82. The van der Waals surface area contributed by atoms with Gasteiger partial charge in [-0.1, -0.05) is 0 Å². The van der Waals surface area contributed by atoms with Crippen molar-refractivity contribution in [1.82, 2.24) is 5.32 Å². The molecule has 25 heavy (non-hydrogen) atoms. The molecule has 3 amide bonds. The van der Waals surface area contributed by atoms with Crippen molar-refractivity contribution in [3.63, 3.8) is 0 Å². The summed E-state index contributed by atoms with van der Waals surface area (Å²) in [6.45, 7) is 1.26. The van der Waals surface area contributed by atoms with Crippen LogP contribution in [0.3, 0.4) is 0 Å². The molecule has 10 heteroatoms. The van der Waals surface area contributed by atoms with E-state index in [0.717, 1.165) is 18.2 Å². The zero-order valence-corrected chi connectivity index (χ0v) is 14.5. The van der Waals surface area contributed by atoms with E-state index in [-0.39, 0.29) is 12.1 Å². The lowest BCUT2D eigenvalue weighted by Crippen LogP contribution is -2.46. The number of ether oxygens (including phenoxy) is 1. The maximum atomic E-state index is 13.5. The molecule has 0 fully saturated rings. The van der Waals surface area contributed by atoms with Gasteiger partial charge in [-0.05, 0) is 37.5 Å². The van der Waals surface area contributed by atoms with Crippen molar-refractivity contribution in [2.45, 2.75) is 25.5 Å². The first-order chi connectivity index (χ1) is 11.7. The third-order valence-corrected chi connectivity index (χ3v) is 3.70. The lowest BCUT2D eigenvalue weighted by molar-refractivity contribution is -0.155. The summed E-state index contributed by atoms with van der Waals surface area (Å²) in [4.78, 5) is 35.0. The third kappa shape index (κ3) is 6.96. The maximum Gasteiger partial charge on any atom is 0.329 e. The second-order valence-electron chi connectivity index (χ2n) is 5.04. The fourth-order valence-corrected chi connectivity index (χ4v) is 2.27.